The number of hydrogen-bond acceptors (Lipinski definition) is 4. The Hall–Kier alpha value is -2.34. The Kier molecular flexibility index (Phi) is 6.16. The van der Waals surface area contributed by atoms with Crippen LogP contribution in [0.2, 0.25) is 0 Å². The van der Waals surface area contributed by atoms with Gasteiger partial charge in [0.2, 0.25) is 0 Å². The van der Waals surface area contributed by atoms with Crippen LogP contribution in [-0.2, 0) is 9.53 Å². The summed E-state index contributed by atoms with van der Waals surface area (Å²) in [6, 6.07) is 5.26. The molecule has 0 aliphatic carbocycles. The van der Waals surface area contributed by atoms with Crippen LogP contribution >= 0.6 is 0 Å². The zero-order valence-electron chi connectivity index (χ0n) is 16.4. The lowest BCUT2D eigenvalue weighted by molar-refractivity contribution is -0.136. The fourth-order valence-corrected chi connectivity index (χ4v) is 3.99. The Morgan fingerprint density at radius 2 is 1.89 bits per heavy atom. The molecule has 2 aliphatic rings. The van der Waals surface area contributed by atoms with Crippen LogP contribution in [0.4, 0.5) is 4.79 Å². The normalized spacial score (nSPS) is 21.3. The van der Waals surface area contributed by atoms with Gasteiger partial charge in [-0.05, 0) is 50.9 Å². The van der Waals surface area contributed by atoms with Gasteiger partial charge >= 0.3 is 12.0 Å². The van der Waals surface area contributed by atoms with E-state index < -0.39 is 12.0 Å². The fraction of sp³-hybridized carbons (Fsp3) is 0.524. The van der Waals surface area contributed by atoms with Crippen molar-refractivity contribution in [2.24, 2.45) is 0 Å². The average molecular weight is 371 g/mol. The molecule has 1 atom stereocenters. The highest BCUT2D eigenvalue weighted by Crippen LogP contribution is 2.30. The maximum Gasteiger partial charge on any atom is 0.338 e. The first kappa shape index (κ1) is 19.4. The predicted octanol–water partition coefficient (Wildman–Crippen LogP) is 2.96. The minimum atomic E-state index is -0.506. The van der Waals surface area contributed by atoms with Crippen LogP contribution in [0.1, 0.15) is 48.4 Å². The Bertz CT molecular complexity index is 749. The molecule has 27 heavy (non-hydrogen) atoms. The van der Waals surface area contributed by atoms with Crippen molar-refractivity contribution in [1.82, 2.24) is 15.5 Å². The molecule has 0 saturated carbocycles. The predicted molar refractivity (Wildman–Crippen MR) is 104 cm³/mol. The van der Waals surface area contributed by atoms with Crippen LogP contribution < -0.4 is 10.6 Å². The molecule has 1 aromatic rings. The van der Waals surface area contributed by atoms with E-state index in [1.54, 1.807) is 0 Å². The third kappa shape index (κ3) is 4.50. The smallest absolute Gasteiger partial charge is 0.338 e. The largest absolute Gasteiger partial charge is 0.466 e. The van der Waals surface area contributed by atoms with Crippen molar-refractivity contribution in [3.05, 3.63) is 46.2 Å². The summed E-state index contributed by atoms with van der Waals surface area (Å²) in [6.45, 7) is 6.55. The molecule has 2 heterocycles. The number of carbonyl (C=O) groups is 2. The van der Waals surface area contributed by atoms with E-state index in [0.717, 1.165) is 42.6 Å². The van der Waals surface area contributed by atoms with Gasteiger partial charge in [-0.2, -0.15) is 0 Å². The topological polar surface area (TPSA) is 70.7 Å². The molecule has 0 radical (unpaired) electrons. The number of carbonyl (C=O) groups excluding carboxylic acids is 2. The van der Waals surface area contributed by atoms with Crippen molar-refractivity contribution in [2.75, 3.05) is 26.7 Å². The highest BCUT2D eigenvalue weighted by atomic mass is 16.5. The molecule has 1 saturated heterocycles. The van der Waals surface area contributed by atoms with Crippen LogP contribution in [0.15, 0.2) is 29.5 Å². The Balaban J connectivity index is 2.00. The minimum Gasteiger partial charge on any atom is -0.466 e. The maximum atomic E-state index is 12.7. The van der Waals surface area contributed by atoms with Gasteiger partial charge in [0.05, 0.1) is 18.7 Å². The Labute approximate surface area is 161 Å². The number of benzene rings is 1. The van der Waals surface area contributed by atoms with Crippen molar-refractivity contribution in [2.45, 2.75) is 45.6 Å². The first-order valence-electron chi connectivity index (χ1n) is 9.68. The van der Waals surface area contributed by atoms with E-state index >= 15 is 0 Å². The molecule has 0 spiro atoms. The maximum absolute atomic E-state index is 12.7. The van der Waals surface area contributed by atoms with Gasteiger partial charge in [-0.25, -0.2) is 9.59 Å². The van der Waals surface area contributed by atoms with E-state index in [9.17, 15) is 9.59 Å². The standard InChI is InChI=1S/C21H29N3O3/c1-14-8-9-16(15(2)12-14)19-18(20(25)27-3)17(22-21(26)23-19)13-24-10-6-4-5-7-11-24/h8-9,12,19H,4-7,10-11,13H2,1-3H3,(H2,22,23,26). The van der Waals surface area contributed by atoms with Crippen molar-refractivity contribution in [3.8, 4) is 0 Å². The lowest BCUT2D eigenvalue weighted by Gasteiger charge is -2.32. The summed E-state index contributed by atoms with van der Waals surface area (Å²) < 4.78 is 5.08. The molecule has 6 heteroatoms. The molecule has 3 rings (SSSR count). The van der Waals surface area contributed by atoms with E-state index in [1.165, 1.54) is 20.0 Å². The SMILES string of the molecule is COC(=O)C1=C(CN2CCCCCC2)NC(=O)NC1c1ccc(C)cc1C. The van der Waals surface area contributed by atoms with Gasteiger partial charge in [-0.15, -0.1) is 0 Å². The van der Waals surface area contributed by atoms with Crippen LogP contribution in [0.3, 0.4) is 0 Å². The summed E-state index contributed by atoms with van der Waals surface area (Å²) in [7, 11) is 1.38. The number of methoxy groups -OCH3 is 1. The zero-order valence-corrected chi connectivity index (χ0v) is 16.4. The third-order valence-corrected chi connectivity index (χ3v) is 5.38. The fourth-order valence-electron chi connectivity index (χ4n) is 3.99. The van der Waals surface area contributed by atoms with Gasteiger partial charge in [0.1, 0.15) is 0 Å². The third-order valence-electron chi connectivity index (χ3n) is 5.38. The van der Waals surface area contributed by atoms with E-state index in [4.69, 9.17) is 4.74 Å². The van der Waals surface area contributed by atoms with Crippen LogP contribution in [0, 0.1) is 13.8 Å². The lowest BCUT2D eigenvalue weighted by atomic mass is 9.91. The molecule has 2 amide bonds. The van der Waals surface area contributed by atoms with Crippen LogP contribution in [0.5, 0.6) is 0 Å². The van der Waals surface area contributed by atoms with Crippen molar-refractivity contribution in [1.29, 1.82) is 0 Å². The average Bonchev–Trinajstić information content (AvgIpc) is 2.89. The van der Waals surface area contributed by atoms with Gasteiger partial charge in [-0.1, -0.05) is 36.6 Å². The molecule has 1 unspecified atom stereocenters. The number of hydrogen-bond donors (Lipinski definition) is 2. The summed E-state index contributed by atoms with van der Waals surface area (Å²) in [4.78, 5) is 27.4. The van der Waals surface area contributed by atoms with Gasteiger partial charge in [0.25, 0.3) is 0 Å². The molecule has 6 nitrogen and oxygen atoms in total. The molecule has 2 N–H and O–H groups in total. The summed E-state index contributed by atoms with van der Waals surface area (Å²) >= 11 is 0. The number of amides is 2. The van der Waals surface area contributed by atoms with Gasteiger partial charge < -0.3 is 15.4 Å². The van der Waals surface area contributed by atoms with E-state index in [1.807, 2.05) is 26.0 Å². The molecule has 1 aromatic carbocycles. The highest BCUT2D eigenvalue weighted by Gasteiger charge is 2.34. The monoisotopic (exact) mass is 371 g/mol. The molecular weight excluding hydrogens is 342 g/mol. The van der Waals surface area contributed by atoms with E-state index in [0.29, 0.717) is 17.8 Å². The Morgan fingerprint density at radius 3 is 2.52 bits per heavy atom. The first-order chi connectivity index (χ1) is 13.0. The number of nitrogens with zero attached hydrogens (tertiary/aromatic N) is 1. The number of rotatable bonds is 4. The first-order valence-corrected chi connectivity index (χ1v) is 9.68. The van der Waals surface area contributed by atoms with Crippen molar-refractivity contribution >= 4 is 12.0 Å². The number of ether oxygens (including phenoxy) is 1. The van der Waals surface area contributed by atoms with Gasteiger partial charge in [0, 0.05) is 12.2 Å². The van der Waals surface area contributed by atoms with Crippen molar-refractivity contribution < 1.29 is 14.3 Å². The molecule has 0 aromatic heterocycles. The summed E-state index contributed by atoms with van der Waals surface area (Å²) in [5.74, 6) is -0.405. The molecule has 146 valence electrons. The second-order valence-corrected chi connectivity index (χ2v) is 7.47. The second kappa shape index (κ2) is 8.57. The summed E-state index contributed by atoms with van der Waals surface area (Å²) in [5.41, 5.74) is 4.25. The molecule has 0 bridgehead atoms. The number of likely N-dealkylation sites (tertiary alicyclic amines) is 1. The van der Waals surface area contributed by atoms with Gasteiger partial charge in [-0.3, -0.25) is 4.90 Å². The molecular formula is C21H29N3O3. The lowest BCUT2D eigenvalue weighted by Crippen LogP contribution is -2.48. The highest BCUT2D eigenvalue weighted by molar-refractivity contribution is 5.95. The minimum absolute atomic E-state index is 0.280. The number of aryl methyl sites for hydroxylation is 2. The summed E-state index contributed by atoms with van der Waals surface area (Å²) in [5, 5.41) is 5.78. The second-order valence-electron chi connectivity index (χ2n) is 7.47. The van der Waals surface area contributed by atoms with Crippen molar-refractivity contribution in [3.63, 3.8) is 0 Å². The van der Waals surface area contributed by atoms with Crippen LogP contribution in [0.25, 0.3) is 0 Å². The summed E-state index contributed by atoms with van der Waals surface area (Å²) in [6.07, 6.45) is 4.76. The number of nitrogens with one attached hydrogen (secondary N) is 2. The number of esters is 1. The van der Waals surface area contributed by atoms with Crippen LogP contribution in [-0.4, -0.2) is 43.6 Å². The quantitative estimate of drug-likeness (QED) is 0.799. The number of urea groups is 1. The van der Waals surface area contributed by atoms with Gasteiger partial charge in [0.15, 0.2) is 0 Å². The van der Waals surface area contributed by atoms with E-state index in [2.05, 4.69) is 21.6 Å². The molecule has 2 aliphatic heterocycles. The van der Waals surface area contributed by atoms with E-state index in [-0.39, 0.29) is 6.03 Å². The Morgan fingerprint density at radius 1 is 1.19 bits per heavy atom. The zero-order chi connectivity index (χ0) is 19.4. The molecule has 1 fully saturated rings.